The number of ether oxygens (including phenoxy) is 1. The van der Waals surface area contributed by atoms with Gasteiger partial charge in [-0.2, -0.15) is 4.80 Å². The Bertz CT molecular complexity index is 1230. The van der Waals surface area contributed by atoms with Gasteiger partial charge in [0.05, 0.1) is 5.69 Å². The molecule has 0 aliphatic rings. The minimum atomic E-state index is -0.214. The average Bonchev–Trinajstić information content (AvgIpc) is 3.15. The Balaban J connectivity index is 1.50. The quantitative estimate of drug-likeness (QED) is 0.472. The number of fused-ring (bicyclic) bond motifs is 1. The van der Waals surface area contributed by atoms with Crippen molar-refractivity contribution in [3.05, 3.63) is 77.4 Å². The number of nitrogens with zero attached hydrogens (tertiary/aromatic N) is 3. The van der Waals surface area contributed by atoms with Crippen molar-refractivity contribution >= 4 is 22.6 Å². The van der Waals surface area contributed by atoms with Crippen molar-refractivity contribution in [3.8, 4) is 11.4 Å². The number of benzene rings is 3. The van der Waals surface area contributed by atoms with Crippen molar-refractivity contribution in [2.45, 2.75) is 33.6 Å². The third kappa shape index (κ3) is 4.58. The first kappa shape index (κ1) is 20.6. The monoisotopic (exact) mass is 414 g/mol. The van der Waals surface area contributed by atoms with Crippen LogP contribution in [0.1, 0.15) is 36.5 Å². The van der Waals surface area contributed by atoms with Gasteiger partial charge in [-0.3, -0.25) is 4.79 Å². The first-order valence-corrected chi connectivity index (χ1v) is 10.4. The Morgan fingerprint density at radius 3 is 2.42 bits per heavy atom. The summed E-state index contributed by atoms with van der Waals surface area (Å²) in [6, 6.07) is 19.6. The molecule has 1 heterocycles. The second kappa shape index (κ2) is 8.60. The highest BCUT2D eigenvalue weighted by Gasteiger charge is 2.13. The number of carbonyl (C=O) groups excluding carboxylic acids is 1. The zero-order valence-electron chi connectivity index (χ0n) is 18.2. The molecule has 0 saturated carbocycles. The standard InChI is InChI=1S/C25H26N4O2/c1-16(2)20-11-10-17(3)12-24(20)31-15-25(30)26-21-14-23-22(13-18(21)4)27-29(28-23)19-8-6-5-7-9-19/h5-14,16H,15H2,1-4H3,(H,26,30). The molecular weight excluding hydrogens is 388 g/mol. The molecule has 0 atom stereocenters. The van der Waals surface area contributed by atoms with Crippen molar-refractivity contribution < 1.29 is 9.53 Å². The predicted octanol–water partition coefficient (Wildman–Crippen LogP) is 5.18. The van der Waals surface area contributed by atoms with E-state index in [0.717, 1.165) is 33.6 Å². The summed E-state index contributed by atoms with van der Waals surface area (Å²) in [7, 11) is 0. The number of para-hydroxylation sites is 1. The van der Waals surface area contributed by atoms with Crippen molar-refractivity contribution in [1.29, 1.82) is 0 Å². The molecule has 0 saturated heterocycles. The van der Waals surface area contributed by atoms with Crippen LogP contribution in [0.15, 0.2) is 60.7 Å². The molecule has 6 heteroatoms. The first-order valence-electron chi connectivity index (χ1n) is 10.4. The smallest absolute Gasteiger partial charge is 0.262 e. The molecule has 3 aromatic carbocycles. The van der Waals surface area contributed by atoms with Gasteiger partial charge in [-0.25, -0.2) is 0 Å². The molecular formula is C25H26N4O2. The number of aryl methyl sites for hydroxylation is 2. The molecule has 4 aromatic rings. The summed E-state index contributed by atoms with van der Waals surface area (Å²) >= 11 is 0. The van der Waals surface area contributed by atoms with E-state index in [1.54, 1.807) is 4.80 Å². The lowest BCUT2D eigenvalue weighted by atomic mass is 10.0. The molecule has 6 nitrogen and oxygen atoms in total. The van der Waals surface area contributed by atoms with Crippen molar-refractivity contribution in [1.82, 2.24) is 15.0 Å². The zero-order valence-corrected chi connectivity index (χ0v) is 18.2. The van der Waals surface area contributed by atoms with Crippen molar-refractivity contribution in [3.63, 3.8) is 0 Å². The van der Waals surface area contributed by atoms with Crippen LogP contribution in [0.3, 0.4) is 0 Å². The van der Waals surface area contributed by atoms with Crippen LogP contribution in [0.4, 0.5) is 5.69 Å². The molecule has 0 spiro atoms. The van der Waals surface area contributed by atoms with Crippen LogP contribution < -0.4 is 10.1 Å². The Hall–Kier alpha value is -3.67. The van der Waals surface area contributed by atoms with Gasteiger partial charge in [0.2, 0.25) is 0 Å². The normalized spacial score (nSPS) is 11.1. The number of amides is 1. The van der Waals surface area contributed by atoms with Gasteiger partial charge in [-0.05, 0) is 66.8 Å². The molecule has 0 aliphatic heterocycles. The van der Waals surface area contributed by atoms with Crippen LogP contribution >= 0.6 is 0 Å². The van der Waals surface area contributed by atoms with Crippen LogP contribution in [0, 0.1) is 13.8 Å². The van der Waals surface area contributed by atoms with E-state index < -0.39 is 0 Å². The van der Waals surface area contributed by atoms with Crippen LogP contribution in [-0.4, -0.2) is 27.5 Å². The molecule has 1 amide bonds. The third-order valence-electron chi connectivity index (χ3n) is 5.14. The second-order valence-electron chi connectivity index (χ2n) is 8.01. The minimum Gasteiger partial charge on any atom is -0.483 e. The van der Waals surface area contributed by atoms with Crippen LogP contribution in [0.2, 0.25) is 0 Å². The third-order valence-corrected chi connectivity index (χ3v) is 5.14. The highest BCUT2D eigenvalue weighted by molar-refractivity contribution is 5.95. The highest BCUT2D eigenvalue weighted by atomic mass is 16.5. The van der Waals surface area contributed by atoms with E-state index in [-0.39, 0.29) is 12.5 Å². The topological polar surface area (TPSA) is 69.0 Å². The maximum absolute atomic E-state index is 12.6. The van der Waals surface area contributed by atoms with Crippen molar-refractivity contribution in [2.24, 2.45) is 0 Å². The number of nitrogens with one attached hydrogen (secondary N) is 1. The van der Waals surface area contributed by atoms with Gasteiger partial charge in [-0.1, -0.05) is 44.2 Å². The number of anilines is 1. The van der Waals surface area contributed by atoms with E-state index in [4.69, 9.17) is 4.74 Å². The van der Waals surface area contributed by atoms with Gasteiger partial charge in [0.1, 0.15) is 16.8 Å². The average molecular weight is 415 g/mol. The van der Waals surface area contributed by atoms with E-state index in [9.17, 15) is 4.79 Å². The number of hydrogen-bond donors (Lipinski definition) is 1. The summed E-state index contributed by atoms with van der Waals surface area (Å²) < 4.78 is 5.86. The fourth-order valence-corrected chi connectivity index (χ4v) is 3.45. The summed E-state index contributed by atoms with van der Waals surface area (Å²) in [5.74, 6) is 0.854. The summed E-state index contributed by atoms with van der Waals surface area (Å²) in [6.45, 7) is 8.11. The van der Waals surface area contributed by atoms with Gasteiger partial charge in [0.15, 0.2) is 6.61 Å². The molecule has 0 fully saturated rings. The second-order valence-corrected chi connectivity index (χ2v) is 8.01. The molecule has 4 rings (SSSR count). The molecule has 0 radical (unpaired) electrons. The molecule has 158 valence electrons. The van der Waals surface area contributed by atoms with E-state index in [0.29, 0.717) is 17.1 Å². The summed E-state index contributed by atoms with van der Waals surface area (Å²) in [6.07, 6.45) is 0. The Labute approximate surface area is 181 Å². The molecule has 0 unspecified atom stereocenters. The summed E-state index contributed by atoms with van der Waals surface area (Å²) in [5, 5.41) is 12.0. The zero-order chi connectivity index (χ0) is 22.0. The highest BCUT2D eigenvalue weighted by Crippen LogP contribution is 2.28. The maximum atomic E-state index is 12.6. The number of aromatic nitrogens is 3. The summed E-state index contributed by atoms with van der Waals surface area (Å²) in [5.41, 5.74) is 6.18. The van der Waals surface area contributed by atoms with Crippen LogP contribution in [0.5, 0.6) is 5.75 Å². The lowest BCUT2D eigenvalue weighted by molar-refractivity contribution is -0.118. The largest absolute Gasteiger partial charge is 0.483 e. The maximum Gasteiger partial charge on any atom is 0.262 e. The number of hydrogen-bond acceptors (Lipinski definition) is 4. The van der Waals surface area contributed by atoms with Crippen LogP contribution in [0.25, 0.3) is 16.7 Å². The molecule has 0 aliphatic carbocycles. The van der Waals surface area contributed by atoms with Gasteiger partial charge in [-0.15, -0.1) is 10.2 Å². The molecule has 0 bridgehead atoms. The molecule has 1 aromatic heterocycles. The van der Waals surface area contributed by atoms with E-state index in [2.05, 4.69) is 41.5 Å². The van der Waals surface area contributed by atoms with E-state index >= 15 is 0 Å². The molecule has 1 N–H and O–H groups in total. The predicted molar refractivity (Wildman–Crippen MR) is 123 cm³/mol. The Morgan fingerprint density at radius 2 is 1.71 bits per heavy atom. The fourth-order valence-electron chi connectivity index (χ4n) is 3.45. The lowest BCUT2D eigenvalue weighted by Gasteiger charge is -2.15. The van der Waals surface area contributed by atoms with Gasteiger partial charge in [0.25, 0.3) is 5.91 Å². The number of rotatable bonds is 6. The van der Waals surface area contributed by atoms with E-state index in [1.165, 1.54) is 0 Å². The summed E-state index contributed by atoms with van der Waals surface area (Å²) in [4.78, 5) is 14.2. The van der Waals surface area contributed by atoms with Crippen molar-refractivity contribution in [2.75, 3.05) is 11.9 Å². The van der Waals surface area contributed by atoms with Gasteiger partial charge >= 0.3 is 0 Å². The Kier molecular flexibility index (Phi) is 5.71. The van der Waals surface area contributed by atoms with Gasteiger partial charge < -0.3 is 10.1 Å². The van der Waals surface area contributed by atoms with E-state index in [1.807, 2.05) is 62.4 Å². The number of carbonyl (C=O) groups is 1. The Morgan fingerprint density at radius 1 is 1.00 bits per heavy atom. The lowest BCUT2D eigenvalue weighted by Crippen LogP contribution is -2.21. The van der Waals surface area contributed by atoms with Crippen LogP contribution in [-0.2, 0) is 4.79 Å². The SMILES string of the molecule is Cc1ccc(C(C)C)c(OCC(=O)Nc2cc3nn(-c4ccccc4)nc3cc2C)c1. The first-order chi connectivity index (χ1) is 14.9. The molecule has 31 heavy (non-hydrogen) atoms. The minimum absolute atomic E-state index is 0.0582. The van der Waals surface area contributed by atoms with Gasteiger partial charge in [0, 0.05) is 5.69 Å². The fraction of sp³-hybridized carbons (Fsp3) is 0.240.